The molecule has 0 unspecified atom stereocenters. The molecule has 3 N–H and O–H groups in total. The molecular weight excluding hydrogens is 209 g/mol. The van der Waals surface area contributed by atoms with Gasteiger partial charge in [-0.2, -0.15) is 0 Å². The molecule has 5 nitrogen and oxygen atoms in total. The summed E-state index contributed by atoms with van der Waals surface area (Å²) in [5, 5.41) is 21.0. The van der Waals surface area contributed by atoms with E-state index in [4.69, 9.17) is 10.0 Å². The van der Waals surface area contributed by atoms with E-state index in [0.717, 1.165) is 5.56 Å². The fourth-order valence-electron chi connectivity index (χ4n) is 1.32. The van der Waals surface area contributed by atoms with E-state index < -0.39 is 7.12 Å². The van der Waals surface area contributed by atoms with E-state index in [9.17, 15) is 4.79 Å². The molecule has 6 heteroatoms. The van der Waals surface area contributed by atoms with E-state index in [1.165, 1.54) is 7.11 Å². The predicted octanol–water partition coefficient (Wildman–Crippen LogP) is -1.37. The molecule has 0 amide bonds. The van der Waals surface area contributed by atoms with Crippen LogP contribution in [0.4, 0.5) is 0 Å². The zero-order chi connectivity index (χ0) is 12.0. The number of carbonyl (C=O) groups is 1. The van der Waals surface area contributed by atoms with Crippen LogP contribution in [0.5, 0.6) is 0 Å². The van der Waals surface area contributed by atoms with Crippen molar-refractivity contribution in [2.45, 2.75) is 6.54 Å². The van der Waals surface area contributed by atoms with Gasteiger partial charge in [-0.25, -0.2) is 0 Å². The van der Waals surface area contributed by atoms with Gasteiger partial charge in [0.25, 0.3) is 0 Å². The van der Waals surface area contributed by atoms with Crippen LogP contribution in [0.15, 0.2) is 24.3 Å². The van der Waals surface area contributed by atoms with Gasteiger partial charge < -0.3 is 20.1 Å². The SMILES string of the molecule is COC(=O)CNCc1ccccc1B(O)O. The van der Waals surface area contributed by atoms with Gasteiger partial charge in [-0.05, 0) is 11.0 Å². The largest absolute Gasteiger partial charge is 0.488 e. The van der Waals surface area contributed by atoms with E-state index in [1.54, 1.807) is 24.3 Å². The summed E-state index contributed by atoms with van der Waals surface area (Å²) in [6.45, 7) is 0.468. The number of benzene rings is 1. The summed E-state index contributed by atoms with van der Waals surface area (Å²) in [6, 6.07) is 6.90. The highest BCUT2D eigenvalue weighted by atomic mass is 16.5. The van der Waals surface area contributed by atoms with E-state index in [1.807, 2.05) is 0 Å². The van der Waals surface area contributed by atoms with E-state index in [-0.39, 0.29) is 12.5 Å². The van der Waals surface area contributed by atoms with Gasteiger partial charge in [0, 0.05) is 6.54 Å². The molecule has 0 spiro atoms. The third kappa shape index (κ3) is 3.65. The van der Waals surface area contributed by atoms with E-state index in [2.05, 4.69) is 10.1 Å². The van der Waals surface area contributed by atoms with Gasteiger partial charge in [0.1, 0.15) is 0 Å². The lowest BCUT2D eigenvalue weighted by molar-refractivity contribution is -0.139. The van der Waals surface area contributed by atoms with Crippen LogP contribution in [0.25, 0.3) is 0 Å². The average Bonchev–Trinajstić information content (AvgIpc) is 2.29. The minimum absolute atomic E-state index is 0.0896. The van der Waals surface area contributed by atoms with Crippen LogP contribution in [-0.2, 0) is 16.1 Å². The molecule has 0 aliphatic carbocycles. The van der Waals surface area contributed by atoms with Gasteiger partial charge in [0.2, 0.25) is 0 Å². The Hall–Kier alpha value is -1.37. The maximum absolute atomic E-state index is 10.8. The molecule has 1 aromatic rings. The first-order chi connectivity index (χ1) is 7.65. The Morgan fingerprint density at radius 3 is 2.75 bits per heavy atom. The van der Waals surface area contributed by atoms with Crippen LogP contribution < -0.4 is 10.8 Å². The minimum atomic E-state index is -1.50. The summed E-state index contributed by atoms with van der Waals surface area (Å²) in [5.74, 6) is -0.359. The van der Waals surface area contributed by atoms with Gasteiger partial charge in [-0.15, -0.1) is 0 Å². The molecule has 0 saturated carbocycles. The molecule has 0 radical (unpaired) electrons. The van der Waals surface area contributed by atoms with Gasteiger partial charge in [0.15, 0.2) is 0 Å². The second-order valence-electron chi connectivity index (χ2n) is 3.25. The zero-order valence-corrected chi connectivity index (χ0v) is 9.01. The number of hydrogen-bond donors (Lipinski definition) is 3. The van der Waals surface area contributed by atoms with Crippen LogP contribution in [0.3, 0.4) is 0 Å². The smallest absolute Gasteiger partial charge is 0.468 e. The molecule has 0 aromatic heterocycles. The second kappa shape index (κ2) is 6.27. The molecule has 0 fully saturated rings. The molecule has 0 saturated heterocycles. The van der Waals surface area contributed by atoms with Crippen LogP contribution in [0, 0.1) is 0 Å². The maximum atomic E-state index is 10.8. The first-order valence-corrected chi connectivity index (χ1v) is 4.86. The average molecular weight is 223 g/mol. The van der Waals surface area contributed by atoms with Crippen molar-refractivity contribution in [2.75, 3.05) is 13.7 Å². The first kappa shape index (κ1) is 12.7. The normalized spacial score (nSPS) is 9.94. The number of esters is 1. The Bertz CT molecular complexity index is 356. The Morgan fingerprint density at radius 2 is 2.12 bits per heavy atom. The Labute approximate surface area is 94.2 Å². The van der Waals surface area contributed by atoms with Gasteiger partial charge in [-0.1, -0.05) is 24.3 Å². The molecule has 0 heterocycles. The molecule has 1 rings (SSSR count). The summed E-state index contributed by atoms with van der Waals surface area (Å²) in [6.07, 6.45) is 0. The molecule has 0 aliphatic heterocycles. The van der Waals surface area contributed by atoms with Gasteiger partial charge >= 0.3 is 13.1 Å². The molecule has 1 aromatic carbocycles. The van der Waals surface area contributed by atoms with Gasteiger partial charge in [0.05, 0.1) is 13.7 Å². The summed E-state index contributed by atoms with van der Waals surface area (Å²) in [4.78, 5) is 10.8. The van der Waals surface area contributed by atoms with E-state index in [0.29, 0.717) is 12.0 Å². The number of rotatable bonds is 5. The van der Waals surface area contributed by atoms with Crippen molar-refractivity contribution in [1.82, 2.24) is 5.32 Å². The van der Waals surface area contributed by atoms with Crippen molar-refractivity contribution in [3.63, 3.8) is 0 Å². The highest BCUT2D eigenvalue weighted by Gasteiger charge is 2.14. The zero-order valence-electron chi connectivity index (χ0n) is 9.01. The Balaban J connectivity index is 2.56. The maximum Gasteiger partial charge on any atom is 0.488 e. The molecule has 0 aliphatic rings. The predicted molar refractivity (Wildman–Crippen MR) is 60.0 cm³/mol. The third-order valence-corrected chi connectivity index (χ3v) is 2.15. The lowest BCUT2D eigenvalue weighted by Crippen LogP contribution is -2.35. The topological polar surface area (TPSA) is 78.8 Å². The van der Waals surface area contributed by atoms with Crippen molar-refractivity contribution >= 4 is 18.6 Å². The number of ether oxygens (including phenoxy) is 1. The lowest BCUT2D eigenvalue weighted by Gasteiger charge is -2.09. The monoisotopic (exact) mass is 223 g/mol. The summed E-state index contributed by atoms with van der Waals surface area (Å²) < 4.78 is 4.47. The fourth-order valence-corrected chi connectivity index (χ4v) is 1.32. The lowest BCUT2D eigenvalue weighted by atomic mass is 9.77. The Morgan fingerprint density at radius 1 is 1.44 bits per heavy atom. The van der Waals surface area contributed by atoms with Crippen LogP contribution in [0.2, 0.25) is 0 Å². The first-order valence-electron chi connectivity index (χ1n) is 4.86. The Kier molecular flexibility index (Phi) is 4.98. The van der Waals surface area contributed by atoms with Crippen molar-refractivity contribution in [2.24, 2.45) is 0 Å². The van der Waals surface area contributed by atoms with E-state index >= 15 is 0 Å². The minimum Gasteiger partial charge on any atom is -0.468 e. The number of hydrogen-bond acceptors (Lipinski definition) is 5. The van der Waals surface area contributed by atoms with Gasteiger partial charge in [-0.3, -0.25) is 4.79 Å². The molecule has 0 bridgehead atoms. The van der Waals surface area contributed by atoms with Crippen molar-refractivity contribution < 1.29 is 19.6 Å². The summed E-state index contributed by atoms with van der Waals surface area (Å²) >= 11 is 0. The van der Waals surface area contributed by atoms with Crippen molar-refractivity contribution in [1.29, 1.82) is 0 Å². The van der Waals surface area contributed by atoms with Crippen LogP contribution in [-0.4, -0.2) is 36.8 Å². The van der Waals surface area contributed by atoms with Crippen molar-refractivity contribution in [3.8, 4) is 0 Å². The quantitative estimate of drug-likeness (QED) is 0.424. The van der Waals surface area contributed by atoms with Crippen LogP contribution >= 0.6 is 0 Å². The highest BCUT2D eigenvalue weighted by Crippen LogP contribution is 1.96. The van der Waals surface area contributed by atoms with Crippen LogP contribution in [0.1, 0.15) is 5.56 Å². The molecular formula is C10H14BNO4. The summed E-state index contributed by atoms with van der Waals surface area (Å²) in [7, 11) is -0.189. The molecule has 86 valence electrons. The highest BCUT2D eigenvalue weighted by molar-refractivity contribution is 6.59. The van der Waals surface area contributed by atoms with Crippen molar-refractivity contribution in [3.05, 3.63) is 29.8 Å². The third-order valence-electron chi connectivity index (χ3n) is 2.15. The number of nitrogens with one attached hydrogen (secondary N) is 1. The number of carbonyl (C=O) groups excluding carboxylic acids is 1. The second-order valence-corrected chi connectivity index (χ2v) is 3.25. The standard InChI is InChI=1S/C10H14BNO4/c1-16-10(13)7-12-6-8-4-2-3-5-9(8)11(14)15/h2-5,12,14-15H,6-7H2,1H3. The fraction of sp³-hybridized carbons (Fsp3) is 0.300. The molecule has 16 heavy (non-hydrogen) atoms. The summed E-state index contributed by atoms with van der Waals surface area (Å²) in [5.41, 5.74) is 1.17. The molecule has 0 atom stereocenters. The number of methoxy groups -OCH3 is 1.